The summed E-state index contributed by atoms with van der Waals surface area (Å²) in [5.74, 6) is 1.31. The fourth-order valence-electron chi connectivity index (χ4n) is 3.76. The van der Waals surface area contributed by atoms with Gasteiger partial charge in [0.1, 0.15) is 23.1 Å². The van der Waals surface area contributed by atoms with Gasteiger partial charge in [-0.3, -0.25) is 9.59 Å². The van der Waals surface area contributed by atoms with E-state index in [9.17, 15) is 9.59 Å². The van der Waals surface area contributed by atoms with Gasteiger partial charge in [-0.25, -0.2) is 5.01 Å². The van der Waals surface area contributed by atoms with Crippen molar-refractivity contribution in [3.8, 4) is 0 Å². The van der Waals surface area contributed by atoms with Crippen molar-refractivity contribution in [1.82, 2.24) is 5.01 Å². The van der Waals surface area contributed by atoms with E-state index in [0.29, 0.717) is 23.7 Å². The van der Waals surface area contributed by atoms with Crippen molar-refractivity contribution in [2.45, 2.75) is 24.3 Å². The summed E-state index contributed by atoms with van der Waals surface area (Å²) >= 11 is 1.42. The molecule has 2 amide bonds. The van der Waals surface area contributed by atoms with Crippen LogP contribution in [0.25, 0.3) is 11.0 Å². The molecule has 0 aliphatic carbocycles. The second kappa shape index (κ2) is 8.99. The number of furan rings is 2. The number of nitrogens with zero attached hydrogens (tertiary/aromatic N) is 2. The number of carbonyl (C=O) groups is 2. The Morgan fingerprint density at radius 3 is 2.67 bits per heavy atom. The highest BCUT2D eigenvalue weighted by molar-refractivity contribution is 8.00. The Labute approximate surface area is 194 Å². The lowest BCUT2D eigenvalue weighted by Gasteiger charge is -2.19. The van der Waals surface area contributed by atoms with Crippen LogP contribution in [-0.2, 0) is 9.59 Å². The number of carbonyl (C=O) groups excluding carboxylic acids is 2. The number of para-hydroxylation sites is 1. The SMILES string of the molecule is CC(=O)Nc1ccc(SCC(=O)N2N=C(c3cc4ccccc4o3)CC2c2ccco2)cc1. The molecule has 2 aromatic carbocycles. The summed E-state index contributed by atoms with van der Waals surface area (Å²) in [7, 11) is 0. The molecule has 2 aromatic heterocycles. The minimum absolute atomic E-state index is 0.123. The first-order chi connectivity index (χ1) is 16.1. The molecular weight excluding hydrogens is 438 g/mol. The molecule has 0 spiro atoms. The maximum Gasteiger partial charge on any atom is 0.253 e. The molecule has 4 aromatic rings. The van der Waals surface area contributed by atoms with Crippen molar-refractivity contribution < 1.29 is 18.4 Å². The molecule has 1 aliphatic rings. The molecule has 0 bridgehead atoms. The summed E-state index contributed by atoms with van der Waals surface area (Å²) < 4.78 is 11.6. The lowest BCUT2D eigenvalue weighted by Crippen LogP contribution is -2.28. The summed E-state index contributed by atoms with van der Waals surface area (Å²) in [6.07, 6.45) is 2.11. The highest BCUT2D eigenvalue weighted by Gasteiger charge is 2.35. The van der Waals surface area contributed by atoms with Gasteiger partial charge in [0.2, 0.25) is 5.91 Å². The van der Waals surface area contributed by atoms with Crippen LogP contribution in [-0.4, -0.2) is 28.3 Å². The predicted octanol–water partition coefficient (Wildman–Crippen LogP) is 5.45. The number of amides is 2. The van der Waals surface area contributed by atoms with Gasteiger partial charge in [0, 0.05) is 29.3 Å². The van der Waals surface area contributed by atoms with Gasteiger partial charge in [0.25, 0.3) is 5.91 Å². The topological polar surface area (TPSA) is 88.0 Å². The van der Waals surface area contributed by atoms with Crippen LogP contribution >= 0.6 is 11.8 Å². The maximum atomic E-state index is 13.2. The predicted molar refractivity (Wildman–Crippen MR) is 127 cm³/mol. The minimum atomic E-state index is -0.321. The van der Waals surface area contributed by atoms with Crippen molar-refractivity contribution in [2.24, 2.45) is 5.10 Å². The van der Waals surface area contributed by atoms with Crippen molar-refractivity contribution in [3.05, 3.63) is 84.5 Å². The van der Waals surface area contributed by atoms with Crippen LogP contribution in [0, 0.1) is 0 Å². The maximum absolute atomic E-state index is 13.2. The molecule has 3 heterocycles. The van der Waals surface area contributed by atoms with Gasteiger partial charge in [-0.1, -0.05) is 18.2 Å². The number of hydrogen-bond donors (Lipinski definition) is 1. The van der Waals surface area contributed by atoms with Crippen LogP contribution < -0.4 is 5.32 Å². The molecular formula is C25H21N3O4S. The van der Waals surface area contributed by atoms with E-state index in [1.54, 1.807) is 6.26 Å². The summed E-state index contributed by atoms with van der Waals surface area (Å²) in [6, 6.07) is 20.5. The molecule has 0 saturated carbocycles. The van der Waals surface area contributed by atoms with Crippen LogP contribution in [0.5, 0.6) is 0 Å². The molecule has 1 N–H and O–H groups in total. The first kappa shape index (κ1) is 21.1. The average Bonchev–Trinajstić information content (AvgIpc) is 3.56. The van der Waals surface area contributed by atoms with E-state index in [1.165, 1.54) is 23.7 Å². The monoisotopic (exact) mass is 459 g/mol. The molecule has 0 saturated heterocycles. The van der Waals surface area contributed by atoms with Gasteiger partial charge < -0.3 is 14.2 Å². The highest BCUT2D eigenvalue weighted by atomic mass is 32.2. The summed E-state index contributed by atoms with van der Waals surface area (Å²) in [5, 5.41) is 9.86. The quantitative estimate of drug-likeness (QED) is 0.387. The van der Waals surface area contributed by atoms with Crippen molar-refractivity contribution in [3.63, 3.8) is 0 Å². The third-order valence-electron chi connectivity index (χ3n) is 5.28. The van der Waals surface area contributed by atoms with Crippen LogP contribution in [0.4, 0.5) is 5.69 Å². The van der Waals surface area contributed by atoms with Crippen molar-refractivity contribution in [1.29, 1.82) is 0 Å². The first-order valence-corrected chi connectivity index (χ1v) is 11.5. The molecule has 33 heavy (non-hydrogen) atoms. The Balaban J connectivity index is 1.34. The molecule has 0 fully saturated rings. The third-order valence-corrected chi connectivity index (χ3v) is 6.28. The van der Waals surface area contributed by atoms with Crippen LogP contribution in [0.15, 0.2) is 91.8 Å². The Bertz CT molecular complexity index is 1290. The normalized spacial score (nSPS) is 15.6. The molecule has 5 rings (SSSR count). The molecule has 1 aliphatic heterocycles. The van der Waals surface area contributed by atoms with Gasteiger partial charge in [-0.15, -0.1) is 11.8 Å². The summed E-state index contributed by atoms with van der Waals surface area (Å²) in [4.78, 5) is 25.3. The number of benzene rings is 2. The Hall–Kier alpha value is -3.78. The average molecular weight is 460 g/mol. The second-order valence-corrected chi connectivity index (χ2v) is 8.71. The van der Waals surface area contributed by atoms with E-state index >= 15 is 0 Å². The van der Waals surface area contributed by atoms with E-state index in [0.717, 1.165) is 21.6 Å². The van der Waals surface area contributed by atoms with Gasteiger partial charge in [-0.05, 0) is 48.5 Å². The van der Waals surface area contributed by atoms with Crippen LogP contribution in [0.3, 0.4) is 0 Å². The van der Waals surface area contributed by atoms with Gasteiger partial charge in [0.15, 0.2) is 5.76 Å². The fourth-order valence-corrected chi connectivity index (χ4v) is 4.52. The number of rotatable bonds is 6. The molecule has 1 atom stereocenters. The number of hydrogen-bond acceptors (Lipinski definition) is 6. The molecule has 166 valence electrons. The van der Waals surface area contributed by atoms with E-state index in [2.05, 4.69) is 10.4 Å². The van der Waals surface area contributed by atoms with E-state index in [-0.39, 0.29) is 23.6 Å². The number of fused-ring (bicyclic) bond motifs is 1. The molecule has 0 radical (unpaired) electrons. The largest absolute Gasteiger partial charge is 0.467 e. The number of nitrogens with one attached hydrogen (secondary N) is 1. The second-order valence-electron chi connectivity index (χ2n) is 7.66. The number of hydrazone groups is 1. The van der Waals surface area contributed by atoms with Crippen molar-refractivity contribution in [2.75, 3.05) is 11.1 Å². The van der Waals surface area contributed by atoms with Gasteiger partial charge in [0.05, 0.1) is 12.0 Å². The van der Waals surface area contributed by atoms with Crippen molar-refractivity contribution >= 4 is 45.9 Å². The fraction of sp³-hybridized carbons (Fsp3) is 0.160. The first-order valence-electron chi connectivity index (χ1n) is 10.5. The summed E-state index contributed by atoms with van der Waals surface area (Å²) in [6.45, 7) is 1.47. The Kier molecular flexibility index (Phi) is 5.75. The third kappa shape index (κ3) is 4.56. The van der Waals surface area contributed by atoms with Gasteiger partial charge in [-0.2, -0.15) is 5.10 Å². The van der Waals surface area contributed by atoms with E-state index in [4.69, 9.17) is 8.83 Å². The number of anilines is 1. The van der Waals surface area contributed by atoms with Gasteiger partial charge >= 0.3 is 0 Å². The standard InChI is InChI=1S/C25H21N3O4S/c1-16(29)26-18-8-10-19(11-9-18)33-15-25(30)28-21(23-7-4-12-31-23)14-20(27-28)24-13-17-5-2-3-6-22(17)32-24/h2-13,21H,14-15H2,1H3,(H,26,29). The Morgan fingerprint density at radius 1 is 1.12 bits per heavy atom. The lowest BCUT2D eigenvalue weighted by atomic mass is 10.1. The zero-order chi connectivity index (χ0) is 22.8. The van der Waals surface area contributed by atoms with E-state index < -0.39 is 0 Å². The molecule has 7 nitrogen and oxygen atoms in total. The smallest absolute Gasteiger partial charge is 0.253 e. The lowest BCUT2D eigenvalue weighted by molar-refractivity contribution is -0.130. The molecule has 1 unspecified atom stereocenters. The minimum Gasteiger partial charge on any atom is -0.467 e. The molecule has 8 heteroatoms. The van der Waals surface area contributed by atoms with Crippen LogP contribution in [0.1, 0.15) is 30.9 Å². The highest BCUT2D eigenvalue weighted by Crippen LogP contribution is 2.35. The summed E-state index contributed by atoms with van der Waals surface area (Å²) in [5.41, 5.74) is 2.22. The number of thioether (sulfide) groups is 1. The zero-order valence-corrected chi connectivity index (χ0v) is 18.7. The van der Waals surface area contributed by atoms with Crippen LogP contribution in [0.2, 0.25) is 0 Å². The zero-order valence-electron chi connectivity index (χ0n) is 17.9. The van der Waals surface area contributed by atoms with E-state index in [1.807, 2.05) is 66.7 Å². The Morgan fingerprint density at radius 2 is 1.94 bits per heavy atom.